The number of amides is 1. The fourth-order valence-electron chi connectivity index (χ4n) is 3.23. The van der Waals surface area contributed by atoms with Crippen molar-refractivity contribution >= 4 is 27.5 Å². The maximum absolute atomic E-state index is 12.4. The SMILES string of the molecule is CCCC(Br)Cc1ccc2c(c1)CCCN2C(=O)C1CC1. The van der Waals surface area contributed by atoms with E-state index in [-0.39, 0.29) is 0 Å². The van der Waals surface area contributed by atoms with Gasteiger partial charge in [-0.3, -0.25) is 4.79 Å². The van der Waals surface area contributed by atoms with Crippen molar-refractivity contribution in [3.63, 3.8) is 0 Å². The number of alkyl halides is 1. The Morgan fingerprint density at radius 1 is 1.43 bits per heavy atom. The molecule has 0 bridgehead atoms. The molecule has 2 aliphatic rings. The second kappa shape index (κ2) is 6.51. The van der Waals surface area contributed by atoms with Gasteiger partial charge in [-0.15, -0.1) is 0 Å². The molecular weight excluding hydrogens is 326 g/mol. The van der Waals surface area contributed by atoms with Crippen LogP contribution in [-0.2, 0) is 17.6 Å². The zero-order valence-corrected chi connectivity index (χ0v) is 14.4. The second-order valence-corrected chi connectivity index (χ2v) is 7.72. The molecule has 1 fully saturated rings. The number of halogens is 1. The van der Waals surface area contributed by atoms with Crippen LogP contribution in [0.5, 0.6) is 0 Å². The summed E-state index contributed by atoms with van der Waals surface area (Å²) in [5, 5.41) is 0. The number of hydrogen-bond donors (Lipinski definition) is 0. The van der Waals surface area contributed by atoms with Gasteiger partial charge >= 0.3 is 0 Å². The molecule has 1 aliphatic carbocycles. The highest BCUT2D eigenvalue weighted by Gasteiger charge is 2.35. The first-order valence-electron chi connectivity index (χ1n) is 8.26. The number of carbonyl (C=O) groups excluding carboxylic acids is 1. The minimum absolute atomic E-state index is 0.312. The molecule has 1 aromatic carbocycles. The fourth-order valence-corrected chi connectivity index (χ4v) is 4.06. The highest BCUT2D eigenvalue weighted by Crippen LogP contribution is 2.36. The predicted octanol–water partition coefficient (Wildman–Crippen LogP) is 4.48. The van der Waals surface area contributed by atoms with Gasteiger partial charge in [0.05, 0.1) is 0 Å². The van der Waals surface area contributed by atoms with Crippen molar-refractivity contribution in [2.75, 3.05) is 11.4 Å². The van der Waals surface area contributed by atoms with Crippen molar-refractivity contribution in [3.8, 4) is 0 Å². The summed E-state index contributed by atoms with van der Waals surface area (Å²) in [4.78, 5) is 15.0. The molecular formula is C18H24BrNO. The average Bonchev–Trinajstić information content (AvgIpc) is 3.30. The quantitative estimate of drug-likeness (QED) is 0.717. The summed E-state index contributed by atoms with van der Waals surface area (Å²) >= 11 is 3.77. The average molecular weight is 350 g/mol. The molecule has 1 amide bonds. The van der Waals surface area contributed by atoms with Gasteiger partial charge in [-0.2, -0.15) is 0 Å². The maximum Gasteiger partial charge on any atom is 0.230 e. The first-order valence-corrected chi connectivity index (χ1v) is 9.18. The summed E-state index contributed by atoms with van der Waals surface area (Å²) in [5.41, 5.74) is 3.93. The van der Waals surface area contributed by atoms with Gasteiger partial charge in [0.2, 0.25) is 5.91 Å². The van der Waals surface area contributed by atoms with Gasteiger partial charge in [0.1, 0.15) is 0 Å². The first kappa shape index (κ1) is 15.1. The summed E-state index contributed by atoms with van der Waals surface area (Å²) in [7, 11) is 0. The van der Waals surface area contributed by atoms with E-state index >= 15 is 0 Å². The van der Waals surface area contributed by atoms with Crippen LogP contribution in [0.15, 0.2) is 18.2 Å². The summed E-state index contributed by atoms with van der Waals surface area (Å²) in [6.07, 6.45) is 7.89. The third-order valence-electron chi connectivity index (χ3n) is 4.51. The number of hydrogen-bond acceptors (Lipinski definition) is 1. The largest absolute Gasteiger partial charge is 0.312 e. The van der Waals surface area contributed by atoms with Crippen LogP contribution in [0.3, 0.4) is 0 Å². The number of carbonyl (C=O) groups is 1. The normalized spacial score (nSPS) is 19.2. The Hall–Kier alpha value is -0.830. The molecule has 21 heavy (non-hydrogen) atoms. The Labute approximate surface area is 136 Å². The Bertz CT molecular complexity index is 524. The summed E-state index contributed by atoms with van der Waals surface area (Å²) in [6, 6.07) is 6.71. The molecule has 0 saturated heterocycles. The van der Waals surface area contributed by atoms with Crippen molar-refractivity contribution in [2.24, 2.45) is 5.92 Å². The molecule has 1 atom stereocenters. The Morgan fingerprint density at radius 2 is 2.24 bits per heavy atom. The van der Waals surface area contributed by atoms with Crippen LogP contribution in [0.1, 0.15) is 50.2 Å². The van der Waals surface area contributed by atoms with Crippen molar-refractivity contribution in [2.45, 2.75) is 56.7 Å². The standard InChI is InChI=1S/C18H24BrNO/c1-2-4-16(19)12-13-6-9-17-15(11-13)5-3-10-20(17)18(21)14-7-8-14/h6,9,11,14,16H,2-5,7-8,10,12H2,1H3. The van der Waals surface area contributed by atoms with Crippen LogP contribution in [0.25, 0.3) is 0 Å². The monoisotopic (exact) mass is 349 g/mol. The Kier molecular flexibility index (Phi) is 4.68. The van der Waals surface area contributed by atoms with Crippen molar-refractivity contribution < 1.29 is 4.79 Å². The lowest BCUT2D eigenvalue weighted by atomic mass is 9.96. The van der Waals surface area contributed by atoms with Crippen LogP contribution in [-0.4, -0.2) is 17.3 Å². The van der Waals surface area contributed by atoms with E-state index in [1.54, 1.807) is 0 Å². The zero-order valence-electron chi connectivity index (χ0n) is 12.8. The number of anilines is 1. The van der Waals surface area contributed by atoms with E-state index in [4.69, 9.17) is 0 Å². The summed E-state index contributed by atoms with van der Waals surface area (Å²) in [6.45, 7) is 3.13. The number of fused-ring (bicyclic) bond motifs is 1. The molecule has 3 heteroatoms. The molecule has 1 unspecified atom stereocenters. The number of rotatable bonds is 5. The smallest absolute Gasteiger partial charge is 0.230 e. The fraction of sp³-hybridized carbons (Fsp3) is 0.611. The molecule has 1 aliphatic heterocycles. The van der Waals surface area contributed by atoms with Crippen LogP contribution in [0, 0.1) is 5.92 Å². The molecule has 0 radical (unpaired) electrons. The summed E-state index contributed by atoms with van der Waals surface area (Å²) < 4.78 is 0. The van der Waals surface area contributed by atoms with Gasteiger partial charge in [0, 0.05) is 23.0 Å². The lowest BCUT2D eigenvalue weighted by molar-refractivity contribution is -0.119. The summed E-state index contributed by atoms with van der Waals surface area (Å²) in [5.74, 6) is 0.667. The molecule has 1 saturated carbocycles. The van der Waals surface area contributed by atoms with Gasteiger partial charge in [-0.25, -0.2) is 0 Å². The zero-order chi connectivity index (χ0) is 14.8. The lowest BCUT2D eigenvalue weighted by Gasteiger charge is -2.30. The maximum atomic E-state index is 12.4. The van der Waals surface area contributed by atoms with E-state index in [9.17, 15) is 4.79 Å². The third kappa shape index (κ3) is 3.50. The van der Waals surface area contributed by atoms with Crippen LogP contribution in [0.2, 0.25) is 0 Å². The van der Waals surface area contributed by atoms with Crippen LogP contribution in [0.4, 0.5) is 5.69 Å². The lowest BCUT2D eigenvalue weighted by Crippen LogP contribution is -2.36. The van der Waals surface area contributed by atoms with Gasteiger partial charge in [-0.1, -0.05) is 41.4 Å². The topological polar surface area (TPSA) is 20.3 Å². The van der Waals surface area contributed by atoms with Gasteiger partial charge < -0.3 is 4.90 Å². The van der Waals surface area contributed by atoms with Crippen molar-refractivity contribution in [1.29, 1.82) is 0 Å². The molecule has 1 heterocycles. The van der Waals surface area contributed by atoms with Crippen molar-refractivity contribution in [1.82, 2.24) is 0 Å². The van der Waals surface area contributed by atoms with E-state index in [1.165, 1.54) is 29.7 Å². The van der Waals surface area contributed by atoms with Gasteiger partial charge in [-0.05, 0) is 55.7 Å². The molecule has 114 valence electrons. The molecule has 0 N–H and O–H groups in total. The Morgan fingerprint density at radius 3 is 2.95 bits per heavy atom. The van der Waals surface area contributed by atoms with E-state index < -0.39 is 0 Å². The highest BCUT2D eigenvalue weighted by atomic mass is 79.9. The molecule has 2 nitrogen and oxygen atoms in total. The van der Waals surface area contributed by atoms with E-state index in [1.807, 2.05) is 4.90 Å². The Balaban J connectivity index is 1.76. The highest BCUT2D eigenvalue weighted by molar-refractivity contribution is 9.09. The van der Waals surface area contributed by atoms with Crippen LogP contribution >= 0.6 is 15.9 Å². The van der Waals surface area contributed by atoms with E-state index in [0.717, 1.165) is 38.6 Å². The molecule has 3 rings (SSSR count). The van der Waals surface area contributed by atoms with E-state index in [0.29, 0.717) is 16.7 Å². The molecule has 0 spiro atoms. The van der Waals surface area contributed by atoms with Gasteiger partial charge in [0.25, 0.3) is 0 Å². The second-order valence-electron chi connectivity index (χ2n) is 6.42. The number of aryl methyl sites for hydroxylation is 1. The predicted molar refractivity (Wildman–Crippen MR) is 91.2 cm³/mol. The minimum atomic E-state index is 0.312. The minimum Gasteiger partial charge on any atom is -0.312 e. The van der Waals surface area contributed by atoms with Crippen molar-refractivity contribution in [3.05, 3.63) is 29.3 Å². The molecule has 0 aromatic heterocycles. The number of nitrogens with zero attached hydrogens (tertiary/aromatic N) is 1. The van der Waals surface area contributed by atoms with E-state index in [2.05, 4.69) is 41.1 Å². The first-order chi connectivity index (χ1) is 10.2. The third-order valence-corrected chi connectivity index (χ3v) is 5.30. The molecule has 1 aromatic rings. The number of benzene rings is 1. The van der Waals surface area contributed by atoms with Crippen LogP contribution < -0.4 is 4.90 Å². The van der Waals surface area contributed by atoms with Gasteiger partial charge in [0.15, 0.2) is 0 Å².